The number of aromatic hydroxyl groups is 1. The van der Waals surface area contributed by atoms with E-state index in [1.165, 1.54) is 6.07 Å². The summed E-state index contributed by atoms with van der Waals surface area (Å²) in [7, 11) is 0. The van der Waals surface area contributed by atoms with Crippen molar-refractivity contribution in [1.29, 1.82) is 0 Å². The van der Waals surface area contributed by atoms with Crippen LogP contribution in [0.15, 0.2) is 48.7 Å². The van der Waals surface area contributed by atoms with Crippen LogP contribution in [0.4, 0.5) is 0 Å². The lowest BCUT2D eigenvalue weighted by Crippen LogP contribution is -2.42. The molecule has 1 saturated heterocycles. The van der Waals surface area contributed by atoms with Crippen molar-refractivity contribution < 1.29 is 14.7 Å². The third kappa shape index (κ3) is 3.59. The smallest absolute Gasteiger partial charge is 0.270 e. The molecule has 0 aliphatic carbocycles. The van der Waals surface area contributed by atoms with Crippen LogP contribution in [0.1, 0.15) is 33.7 Å². The third-order valence-electron chi connectivity index (χ3n) is 5.16. The van der Waals surface area contributed by atoms with Gasteiger partial charge < -0.3 is 15.7 Å². The molecule has 0 unspecified atom stereocenters. The molecular formula is C22H21N3O3. The van der Waals surface area contributed by atoms with Gasteiger partial charge in [0, 0.05) is 17.8 Å². The molecule has 1 amide bonds. The number of phenols is 1. The molecular weight excluding hydrogens is 354 g/mol. The maximum atomic E-state index is 12.4. The van der Waals surface area contributed by atoms with Crippen molar-refractivity contribution in [1.82, 2.24) is 15.6 Å². The molecule has 6 heteroatoms. The number of aldehydes is 1. The molecule has 2 aromatic carbocycles. The monoisotopic (exact) mass is 375 g/mol. The Morgan fingerprint density at radius 1 is 1.11 bits per heavy atom. The molecule has 1 fully saturated rings. The van der Waals surface area contributed by atoms with E-state index in [-0.39, 0.29) is 23.3 Å². The van der Waals surface area contributed by atoms with Crippen molar-refractivity contribution in [3.63, 3.8) is 0 Å². The van der Waals surface area contributed by atoms with E-state index in [9.17, 15) is 14.7 Å². The number of hydrogen-bond donors (Lipinski definition) is 3. The zero-order valence-corrected chi connectivity index (χ0v) is 15.3. The number of pyridine rings is 1. The Kier molecular flexibility index (Phi) is 5.04. The van der Waals surface area contributed by atoms with E-state index < -0.39 is 0 Å². The molecule has 0 saturated carbocycles. The fraction of sp³-hybridized carbons (Fsp3) is 0.227. The van der Waals surface area contributed by atoms with Gasteiger partial charge in [-0.15, -0.1) is 0 Å². The zero-order valence-electron chi connectivity index (χ0n) is 15.3. The van der Waals surface area contributed by atoms with Crippen molar-refractivity contribution in [2.24, 2.45) is 0 Å². The van der Waals surface area contributed by atoms with Crippen LogP contribution in [0, 0.1) is 0 Å². The summed E-state index contributed by atoms with van der Waals surface area (Å²) in [6.07, 6.45) is 4.20. The standard InChI is InChI=1S/C22H21N3O3/c26-13-19-18-4-1-14(11-15(18)3-6-21(19)27)16-2-5-20(24-12-16)22(28)25-17-7-9-23-10-8-17/h1-6,11-13,17,23,27H,7-10H2,(H,25,28). The molecule has 0 spiro atoms. The number of carbonyl (C=O) groups is 2. The van der Waals surface area contributed by atoms with Gasteiger partial charge >= 0.3 is 0 Å². The Balaban J connectivity index is 1.55. The first-order chi connectivity index (χ1) is 13.7. The zero-order chi connectivity index (χ0) is 19.5. The van der Waals surface area contributed by atoms with Gasteiger partial charge in [0.25, 0.3) is 5.91 Å². The quantitative estimate of drug-likeness (QED) is 0.610. The third-order valence-corrected chi connectivity index (χ3v) is 5.16. The predicted octanol–water partition coefficient (Wildman–Crippen LogP) is 2.90. The maximum Gasteiger partial charge on any atom is 0.270 e. The number of carbonyl (C=O) groups excluding carboxylic acids is 2. The highest BCUT2D eigenvalue weighted by Crippen LogP contribution is 2.29. The summed E-state index contributed by atoms with van der Waals surface area (Å²) in [5.41, 5.74) is 2.48. The molecule has 3 aromatic rings. The number of amides is 1. The largest absolute Gasteiger partial charge is 0.507 e. The summed E-state index contributed by atoms with van der Waals surface area (Å²) < 4.78 is 0. The summed E-state index contributed by atoms with van der Waals surface area (Å²) in [4.78, 5) is 27.9. The minimum absolute atomic E-state index is 0.0268. The Labute approximate surface area is 162 Å². The summed E-state index contributed by atoms with van der Waals surface area (Å²) in [6, 6.07) is 12.7. The second-order valence-corrected chi connectivity index (χ2v) is 6.98. The first-order valence-corrected chi connectivity index (χ1v) is 9.34. The van der Waals surface area contributed by atoms with Crippen LogP contribution >= 0.6 is 0 Å². The van der Waals surface area contributed by atoms with E-state index in [4.69, 9.17) is 0 Å². The van der Waals surface area contributed by atoms with E-state index >= 15 is 0 Å². The van der Waals surface area contributed by atoms with Gasteiger partial charge in [-0.25, -0.2) is 0 Å². The van der Waals surface area contributed by atoms with Gasteiger partial charge in [0.05, 0.1) is 5.56 Å². The number of benzene rings is 2. The Bertz CT molecular complexity index is 1030. The highest BCUT2D eigenvalue weighted by Gasteiger charge is 2.17. The van der Waals surface area contributed by atoms with Crippen LogP contribution in [0.25, 0.3) is 21.9 Å². The van der Waals surface area contributed by atoms with Gasteiger partial charge in [0.15, 0.2) is 6.29 Å². The Hall–Kier alpha value is -3.25. The lowest BCUT2D eigenvalue weighted by Gasteiger charge is -2.23. The van der Waals surface area contributed by atoms with Crippen molar-refractivity contribution in [2.45, 2.75) is 18.9 Å². The molecule has 2 heterocycles. The van der Waals surface area contributed by atoms with Crippen LogP contribution in [0.3, 0.4) is 0 Å². The van der Waals surface area contributed by atoms with E-state index in [0.717, 1.165) is 42.4 Å². The summed E-state index contributed by atoms with van der Waals surface area (Å²) in [5, 5.41) is 17.7. The highest BCUT2D eigenvalue weighted by atomic mass is 16.3. The topological polar surface area (TPSA) is 91.3 Å². The number of fused-ring (bicyclic) bond motifs is 1. The second kappa shape index (κ2) is 7.78. The Morgan fingerprint density at radius 2 is 1.89 bits per heavy atom. The van der Waals surface area contributed by atoms with Gasteiger partial charge in [-0.05, 0) is 60.5 Å². The van der Waals surface area contributed by atoms with E-state index in [0.29, 0.717) is 17.4 Å². The lowest BCUT2D eigenvalue weighted by molar-refractivity contribution is 0.0924. The first-order valence-electron chi connectivity index (χ1n) is 9.34. The Morgan fingerprint density at radius 3 is 2.61 bits per heavy atom. The molecule has 3 N–H and O–H groups in total. The van der Waals surface area contributed by atoms with Gasteiger partial charge in [-0.1, -0.05) is 24.3 Å². The normalized spacial score (nSPS) is 14.7. The van der Waals surface area contributed by atoms with Crippen LogP contribution in [-0.4, -0.2) is 41.4 Å². The molecule has 0 radical (unpaired) electrons. The number of piperidine rings is 1. The van der Waals surface area contributed by atoms with E-state index in [2.05, 4.69) is 15.6 Å². The fourth-order valence-electron chi connectivity index (χ4n) is 3.57. The van der Waals surface area contributed by atoms with Crippen LogP contribution in [0.2, 0.25) is 0 Å². The number of hydrogen-bond acceptors (Lipinski definition) is 5. The molecule has 1 aliphatic heterocycles. The highest BCUT2D eigenvalue weighted by molar-refractivity contribution is 6.02. The van der Waals surface area contributed by atoms with Crippen LogP contribution < -0.4 is 10.6 Å². The predicted molar refractivity (Wildman–Crippen MR) is 108 cm³/mol. The average Bonchev–Trinajstić information content (AvgIpc) is 2.74. The van der Waals surface area contributed by atoms with Crippen LogP contribution in [-0.2, 0) is 0 Å². The van der Waals surface area contributed by atoms with Crippen molar-refractivity contribution >= 4 is 23.0 Å². The number of phenolic OH excluding ortho intramolecular Hbond substituents is 1. The number of rotatable bonds is 4. The minimum Gasteiger partial charge on any atom is -0.507 e. The molecule has 28 heavy (non-hydrogen) atoms. The number of nitrogens with one attached hydrogen (secondary N) is 2. The molecule has 142 valence electrons. The molecule has 1 aliphatic rings. The summed E-state index contributed by atoms with van der Waals surface area (Å²) in [6.45, 7) is 1.84. The van der Waals surface area contributed by atoms with Gasteiger partial charge in [-0.2, -0.15) is 0 Å². The van der Waals surface area contributed by atoms with Gasteiger partial charge in [0.1, 0.15) is 11.4 Å². The molecule has 6 nitrogen and oxygen atoms in total. The second-order valence-electron chi connectivity index (χ2n) is 6.98. The molecule has 4 rings (SSSR count). The lowest BCUT2D eigenvalue weighted by atomic mass is 9.99. The summed E-state index contributed by atoms with van der Waals surface area (Å²) in [5.74, 6) is -0.177. The average molecular weight is 375 g/mol. The van der Waals surface area contributed by atoms with E-state index in [1.807, 2.05) is 24.3 Å². The molecule has 0 bridgehead atoms. The van der Waals surface area contributed by atoms with Gasteiger partial charge in [0.2, 0.25) is 0 Å². The van der Waals surface area contributed by atoms with Gasteiger partial charge in [-0.3, -0.25) is 14.6 Å². The maximum absolute atomic E-state index is 12.4. The van der Waals surface area contributed by atoms with E-state index in [1.54, 1.807) is 18.3 Å². The van der Waals surface area contributed by atoms with Crippen molar-refractivity contribution in [3.8, 4) is 16.9 Å². The van der Waals surface area contributed by atoms with Crippen LogP contribution in [0.5, 0.6) is 5.75 Å². The molecule has 1 aromatic heterocycles. The SMILES string of the molecule is O=Cc1c(O)ccc2cc(-c3ccc(C(=O)NC4CCNCC4)nc3)ccc12. The summed E-state index contributed by atoms with van der Waals surface area (Å²) >= 11 is 0. The van der Waals surface area contributed by atoms with Crippen molar-refractivity contribution in [3.05, 3.63) is 59.9 Å². The minimum atomic E-state index is -0.150. The number of aromatic nitrogens is 1. The molecule has 0 atom stereocenters. The number of nitrogens with zero attached hydrogens (tertiary/aromatic N) is 1. The fourth-order valence-corrected chi connectivity index (χ4v) is 3.57. The van der Waals surface area contributed by atoms with Crippen molar-refractivity contribution in [2.75, 3.05) is 13.1 Å². The first kappa shape index (κ1) is 18.1.